The summed E-state index contributed by atoms with van der Waals surface area (Å²) in [6, 6.07) is -0.756. The molecule has 1 fully saturated rings. The van der Waals surface area contributed by atoms with Crippen molar-refractivity contribution in [2.75, 3.05) is 0 Å². The number of hydrogen-bond donors (Lipinski definition) is 2. The van der Waals surface area contributed by atoms with E-state index in [2.05, 4.69) is 10.6 Å². The summed E-state index contributed by atoms with van der Waals surface area (Å²) in [6.45, 7) is 3.43. The third-order valence-corrected chi connectivity index (χ3v) is 2.27. The first-order chi connectivity index (χ1) is 6.56. The van der Waals surface area contributed by atoms with Gasteiger partial charge < -0.3 is 0 Å². The number of barbiturate groups is 1. The number of carbonyl (C=O) groups is 3. The van der Waals surface area contributed by atoms with Gasteiger partial charge in [-0.25, -0.2) is 4.79 Å². The van der Waals surface area contributed by atoms with Crippen LogP contribution in [0.15, 0.2) is 12.2 Å². The fourth-order valence-electron chi connectivity index (χ4n) is 1.44. The molecule has 0 bridgehead atoms. The molecule has 5 nitrogen and oxygen atoms in total. The lowest BCUT2D eigenvalue weighted by molar-refractivity contribution is -0.141. The Bertz CT molecular complexity index is 300. The maximum Gasteiger partial charge on any atom is 0.328 e. The summed E-state index contributed by atoms with van der Waals surface area (Å²) in [5.74, 6) is -1.13. The van der Waals surface area contributed by atoms with Crippen LogP contribution in [0.4, 0.5) is 4.79 Å². The maximum absolute atomic E-state index is 11.5. The first-order valence-electron chi connectivity index (χ1n) is 4.37. The Kier molecular flexibility index (Phi) is 2.69. The number of hydrogen-bond acceptors (Lipinski definition) is 3. The third-order valence-electron chi connectivity index (χ3n) is 2.27. The van der Waals surface area contributed by atoms with Crippen molar-refractivity contribution in [1.82, 2.24) is 10.6 Å². The quantitative estimate of drug-likeness (QED) is 0.493. The predicted molar refractivity (Wildman–Crippen MR) is 49.2 cm³/mol. The van der Waals surface area contributed by atoms with Crippen LogP contribution in [0.25, 0.3) is 0 Å². The summed E-state index contributed by atoms with van der Waals surface area (Å²) in [5.41, 5.74) is -1.23. The van der Waals surface area contributed by atoms with Crippen LogP contribution in [0.1, 0.15) is 20.3 Å². The van der Waals surface area contributed by atoms with E-state index in [9.17, 15) is 14.4 Å². The molecule has 0 aliphatic carbocycles. The van der Waals surface area contributed by atoms with Crippen molar-refractivity contribution in [2.24, 2.45) is 5.41 Å². The van der Waals surface area contributed by atoms with Crippen LogP contribution in [0.5, 0.6) is 0 Å². The van der Waals surface area contributed by atoms with Gasteiger partial charge in [0.2, 0.25) is 11.8 Å². The average Bonchev–Trinajstić information content (AvgIpc) is 2.11. The molecule has 1 heterocycles. The van der Waals surface area contributed by atoms with Gasteiger partial charge in [0.15, 0.2) is 0 Å². The summed E-state index contributed by atoms with van der Waals surface area (Å²) >= 11 is 0. The average molecular weight is 196 g/mol. The Morgan fingerprint density at radius 1 is 1.21 bits per heavy atom. The molecule has 0 aromatic carbocycles. The molecule has 1 aliphatic rings. The van der Waals surface area contributed by atoms with E-state index in [-0.39, 0.29) is 0 Å². The van der Waals surface area contributed by atoms with Crippen molar-refractivity contribution in [3.8, 4) is 0 Å². The Hall–Kier alpha value is -1.65. The second-order valence-corrected chi connectivity index (χ2v) is 3.06. The van der Waals surface area contributed by atoms with Crippen LogP contribution in [-0.4, -0.2) is 17.8 Å². The van der Waals surface area contributed by atoms with Gasteiger partial charge in [-0.2, -0.15) is 0 Å². The molecule has 0 radical (unpaired) electrons. The summed E-state index contributed by atoms with van der Waals surface area (Å²) in [7, 11) is 0. The van der Waals surface area contributed by atoms with Crippen LogP contribution < -0.4 is 10.6 Å². The van der Waals surface area contributed by atoms with Gasteiger partial charge in [0.25, 0.3) is 0 Å². The van der Waals surface area contributed by atoms with E-state index in [4.69, 9.17) is 0 Å². The van der Waals surface area contributed by atoms with Gasteiger partial charge in [-0.3, -0.25) is 20.2 Å². The topological polar surface area (TPSA) is 75.3 Å². The first-order valence-corrected chi connectivity index (χ1v) is 4.37. The lowest BCUT2D eigenvalue weighted by Crippen LogP contribution is -2.61. The number of carbonyl (C=O) groups excluding carboxylic acids is 3. The molecule has 4 amide bonds. The standard InChI is InChI=1S/C9H12N2O3/c1-3-5-9(4-2)6(12)10-8(14)11-7(9)13/h3,5H,4H2,1-2H3,(H2,10,11,12,13,14). The molecule has 1 aliphatic heterocycles. The van der Waals surface area contributed by atoms with E-state index in [0.29, 0.717) is 6.42 Å². The first kappa shape index (κ1) is 10.4. The molecule has 0 spiro atoms. The number of urea groups is 1. The molecule has 1 saturated heterocycles. The molecular weight excluding hydrogens is 184 g/mol. The highest BCUT2D eigenvalue weighted by molar-refractivity contribution is 6.20. The number of amides is 4. The Balaban J connectivity index is 3.10. The molecule has 2 N–H and O–H groups in total. The highest BCUT2D eigenvalue weighted by Gasteiger charge is 2.46. The molecule has 0 aromatic rings. The van der Waals surface area contributed by atoms with Gasteiger partial charge in [0.1, 0.15) is 5.41 Å². The van der Waals surface area contributed by atoms with Gasteiger partial charge in [0.05, 0.1) is 0 Å². The smallest absolute Gasteiger partial charge is 0.277 e. The minimum Gasteiger partial charge on any atom is -0.277 e. The highest BCUT2D eigenvalue weighted by Crippen LogP contribution is 2.26. The summed E-state index contributed by atoms with van der Waals surface area (Å²) in [5, 5.41) is 4.15. The molecule has 0 aromatic heterocycles. The molecular formula is C9H12N2O3. The molecule has 0 atom stereocenters. The number of allylic oxidation sites excluding steroid dienone is 1. The zero-order valence-corrected chi connectivity index (χ0v) is 8.09. The van der Waals surface area contributed by atoms with Gasteiger partial charge in [-0.05, 0) is 13.3 Å². The lowest BCUT2D eigenvalue weighted by atomic mass is 9.81. The van der Waals surface area contributed by atoms with Crippen LogP contribution in [0, 0.1) is 5.41 Å². The number of nitrogens with one attached hydrogen (secondary N) is 2. The van der Waals surface area contributed by atoms with Gasteiger partial charge in [-0.15, -0.1) is 0 Å². The Labute approximate surface area is 81.5 Å². The number of rotatable bonds is 2. The minimum absolute atomic E-state index is 0.322. The molecule has 76 valence electrons. The van der Waals surface area contributed by atoms with Gasteiger partial charge >= 0.3 is 6.03 Å². The fraction of sp³-hybridized carbons (Fsp3) is 0.444. The predicted octanol–water partition coefficient (Wildman–Crippen LogP) is 0.325. The molecule has 0 unspecified atom stereocenters. The van der Waals surface area contributed by atoms with Crippen LogP contribution in [-0.2, 0) is 9.59 Å². The van der Waals surface area contributed by atoms with E-state index < -0.39 is 23.3 Å². The number of imide groups is 2. The molecule has 0 saturated carbocycles. The zero-order chi connectivity index (χ0) is 10.8. The SMILES string of the molecule is CC=CC1(CC)C(=O)NC(=O)NC1=O. The van der Waals surface area contributed by atoms with E-state index >= 15 is 0 Å². The molecule has 1 rings (SSSR count). The maximum atomic E-state index is 11.5. The Morgan fingerprint density at radius 3 is 2.07 bits per heavy atom. The largest absolute Gasteiger partial charge is 0.328 e. The fourth-order valence-corrected chi connectivity index (χ4v) is 1.44. The minimum atomic E-state index is -1.23. The van der Waals surface area contributed by atoms with Crippen molar-refractivity contribution in [3.05, 3.63) is 12.2 Å². The van der Waals surface area contributed by atoms with E-state index in [1.807, 2.05) is 0 Å². The second kappa shape index (κ2) is 3.61. The molecule has 14 heavy (non-hydrogen) atoms. The highest BCUT2D eigenvalue weighted by atomic mass is 16.2. The van der Waals surface area contributed by atoms with Crippen molar-refractivity contribution >= 4 is 17.8 Å². The van der Waals surface area contributed by atoms with Gasteiger partial charge in [0, 0.05) is 0 Å². The lowest BCUT2D eigenvalue weighted by Gasteiger charge is -2.30. The van der Waals surface area contributed by atoms with Gasteiger partial charge in [-0.1, -0.05) is 19.1 Å². The van der Waals surface area contributed by atoms with Crippen LogP contribution >= 0.6 is 0 Å². The van der Waals surface area contributed by atoms with Crippen LogP contribution in [0.2, 0.25) is 0 Å². The van der Waals surface area contributed by atoms with E-state index in [0.717, 1.165) is 0 Å². The monoisotopic (exact) mass is 196 g/mol. The second-order valence-electron chi connectivity index (χ2n) is 3.06. The van der Waals surface area contributed by atoms with Crippen molar-refractivity contribution in [3.63, 3.8) is 0 Å². The van der Waals surface area contributed by atoms with Crippen molar-refractivity contribution in [2.45, 2.75) is 20.3 Å². The summed E-state index contributed by atoms with van der Waals surface area (Å²) in [6.07, 6.45) is 3.45. The van der Waals surface area contributed by atoms with E-state index in [1.54, 1.807) is 19.9 Å². The summed E-state index contributed by atoms with van der Waals surface area (Å²) < 4.78 is 0. The van der Waals surface area contributed by atoms with E-state index in [1.165, 1.54) is 6.08 Å². The zero-order valence-electron chi connectivity index (χ0n) is 8.09. The van der Waals surface area contributed by atoms with Crippen LogP contribution in [0.3, 0.4) is 0 Å². The van der Waals surface area contributed by atoms with Crippen molar-refractivity contribution < 1.29 is 14.4 Å². The van der Waals surface area contributed by atoms with Crippen molar-refractivity contribution in [1.29, 1.82) is 0 Å². The summed E-state index contributed by atoms with van der Waals surface area (Å²) in [4.78, 5) is 33.8. The normalized spacial score (nSPS) is 20.9. The Morgan fingerprint density at radius 2 is 1.71 bits per heavy atom. The third kappa shape index (κ3) is 1.41. The molecule has 5 heteroatoms.